The van der Waals surface area contributed by atoms with E-state index in [4.69, 9.17) is 37.5 Å². The number of nitrogens with zero attached hydrogens (tertiary/aromatic N) is 7. The number of phosphoric ester groups is 1. The van der Waals surface area contributed by atoms with Crippen LogP contribution in [0.5, 0.6) is 17.2 Å². The van der Waals surface area contributed by atoms with Gasteiger partial charge in [-0.3, -0.25) is 33.5 Å². The third-order valence-electron chi connectivity index (χ3n) is 17.6. The standard InChI is InChI=1S/C23H51N5.C19H32O3.C17H38N4.C17H36O3.C10H23O4P.2C4H10/c1-21(2,3)26-14-12-24-11-13-25(10)15-16-27(22(4,5)6)19-20-28(18-17-26)23(7,8)9;1-13-11-14(20-17(2,3)4)16(22-19(8,9)10)15(12-13)21-18(5,6)7;1-16(2,3)20-11-9-18-8-10-19(7)12-13-21(15-14-20)17(4,5)6;1-14(2,3)18-11-17(10,12-19-15(4,5)6)13-20-16(7,8)9;1-7-13-15(11,12)14-9(8(2)3)10(4,5)6;2*1-4(2)3/h24H,11-20H2,1-10H3;11-12H,1-10H3;18H,8-15H2,1-7H3;11-13H2,1-10H3;8-9H,7H2,1-6H3,(H,11,12);2*4H,1-3H3. The van der Waals surface area contributed by atoms with Gasteiger partial charge in [-0.2, -0.15) is 0 Å². The van der Waals surface area contributed by atoms with Crippen LogP contribution in [0.15, 0.2) is 12.1 Å². The number of aryl methyl sites for hydroxylation is 1. The highest BCUT2D eigenvalue weighted by Gasteiger charge is 2.37. The smallest absolute Gasteiger partial charge is 0.472 e. The van der Waals surface area contributed by atoms with Gasteiger partial charge < -0.3 is 53.7 Å². The van der Waals surface area contributed by atoms with E-state index >= 15 is 0 Å². The van der Waals surface area contributed by atoms with Crippen LogP contribution in [0, 0.1) is 35.5 Å². The van der Waals surface area contributed by atoms with Gasteiger partial charge in [-0.15, -0.1) is 0 Å². The van der Waals surface area contributed by atoms with Crippen molar-refractivity contribution in [2.75, 3.05) is 158 Å². The van der Waals surface area contributed by atoms with Crippen molar-refractivity contribution < 1.29 is 46.9 Å². The maximum Gasteiger partial charge on any atom is 0.472 e. The maximum absolute atomic E-state index is 11.5. The largest absolute Gasteiger partial charge is 0.484 e. The summed E-state index contributed by atoms with van der Waals surface area (Å²) >= 11 is 0. The van der Waals surface area contributed by atoms with Crippen molar-refractivity contribution >= 4 is 7.82 Å². The zero-order chi connectivity index (χ0) is 90.7. The van der Waals surface area contributed by atoms with E-state index in [0.717, 1.165) is 147 Å². The van der Waals surface area contributed by atoms with Crippen LogP contribution < -0.4 is 24.8 Å². The van der Waals surface area contributed by atoms with Gasteiger partial charge in [0.05, 0.1) is 49.3 Å². The summed E-state index contributed by atoms with van der Waals surface area (Å²) in [6.45, 7) is 123. The fourth-order valence-electron chi connectivity index (χ4n) is 11.5. The fraction of sp³-hybridized carbons (Fsp3) is 0.936. The van der Waals surface area contributed by atoms with Crippen molar-refractivity contribution in [3.8, 4) is 17.2 Å². The van der Waals surface area contributed by atoms with E-state index in [1.165, 1.54) is 0 Å². The number of phosphoric acid groups is 1. The van der Waals surface area contributed by atoms with Gasteiger partial charge in [0.1, 0.15) is 16.8 Å². The van der Waals surface area contributed by atoms with Gasteiger partial charge in [0.2, 0.25) is 5.75 Å². The molecule has 2 fully saturated rings. The number of hydrogen-bond acceptors (Lipinski definition) is 18. The molecule has 686 valence electrons. The molecule has 0 bridgehead atoms. The van der Waals surface area contributed by atoms with Crippen molar-refractivity contribution in [1.29, 1.82) is 0 Å². The first kappa shape index (κ1) is 119. The molecule has 114 heavy (non-hydrogen) atoms. The second kappa shape index (κ2) is 52.0. The molecule has 2 heterocycles. The van der Waals surface area contributed by atoms with E-state index in [-0.39, 0.29) is 90.8 Å². The van der Waals surface area contributed by atoms with Crippen LogP contribution in [-0.4, -0.2) is 265 Å². The number of ether oxygens (including phenoxy) is 6. The first-order chi connectivity index (χ1) is 50.7. The number of benzene rings is 1. The molecule has 2 atom stereocenters. The van der Waals surface area contributed by atoms with Crippen LogP contribution in [-0.2, 0) is 27.8 Å². The zero-order valence-corrected chi connectivity index (χ0v) is 86.1. The van der Waals surface area contributed by atoms with E-state index < -0.39 is 7.82 Å². The minimum Gasteiger partial charge on any atom is -0.484 e. The topological polar surface area (TPSA) is 158 Å². The Balaban J connectivity index is -0.000000654. The minimum absolute atomic E-state index is 0.145. The molecule has 2 unspecified atom stereocenters. The predicted octanol–water partition coefficient (Wildman–Crippen LogP) is 21.0. The van der Waals surface area contributed by atoms with Crippen LogP contribution in [0.25, 0.3) is 0 Å². The second-order valence-electron chi connectivity index (χ2n) is 46.1. The molecule has 1 aromatic rings. The number of nitrogens with one attached hydrogen (secondary N) is 2. The first-order valence-corrected chi connectivity index (χ1v) is 45.5. The summed E-state index contributed by atoms with van der Waals surface area (Å²) in [5.74, 6) is 3.94. The van der Waals surface area contributed by atoms with E-state index in [1.807, 2.05) is 116 Å². The summed E-state index contributed by atoms with van der Waals surface area (Å²) in [6, 6.07) is 4.00. The quantitative estimate of drug-likeness (QED) is 0.151. The zero-order valence-electron chi connectivity index (χ0n) is 85.2. The first-order valence-electron chi connectivity index (χ1n) is 44.0. The van der Waals surface area contributed by atoms with Crippen LogP contribution in [0.4, 0.5) is 0 Å². The summed E-state index contributed by atoms with van der Waals surface area (Å²) in [7, 11) is 0.586. The lowest BCUT2D eigenvalue weighted by Gasteiger charge is -2.43. The normalized spacial score (nSPS) is 18.3. The average molecular weight is 1650 g/mol. The second-order valence-corrected chi connectivity index (χ2v) is 47.5. The molecule has 2 aliphatic heterocycles. The summed E-state index contributed by atoms with van der Waals surface area (Å²) < 4.78 is 57.6. The molecular formula is C94H200N9O10P. The van der Waals surface area contributed by atoms with Gasteiger partial charge >= 0.3 is 7.82 Å². The predicted molar refractivity (Wildman–Crippen MR) is 497 cm³/mol. The van der Waals surface area contributed by atoms with Gasteiger partial charge in [0.25, 0.3) is 0 Å². The Labute approximate surface area is 710 Å². The van der Waals surface area contributed by atoms with Gasteiger partial charge in [0.15, 0.2) is 11.5 Å². The fourth-order valence-corrected chi connectivity index (χ4v) is 12.7. The Kier molecular flexibility index (Phi) is 54.1. The Morgan fingerprint density at radius 2 is 0.614 bits per heavy atom. The van der Waals surface area contributed by atoms with E-state index in [0.29, 0.717) is 25.6 Å². The molecule has 0 amide bonds. The molecular weight excluding hydrogens is 1450 g/mol. The van der Waals surface area contributed by atoms with Crippen molar-refractivity contribution in [1.82, 2.24) is 44.9 Å². The monoisotopic (exact) mass is 1650 g/mol. The summed E-state index contributed by atoms with van der Waals surface area (Å²) in [4.78, 5) is 27.6. The van der Waals surface area contributed by atoms with Crippen LogP contribution in [0.3, 0.4) is 0 Å². The molecule has 0 aliphatic carbocycles. The highest BCUT2D eigenvalue weighted by atomic mass is 31.2. The molecule has 2 saturated heterocycles. The molecule has 0 spiro atoms. The maximum atomic E-state index is 11.5. The average Bonchev–Trinajstić information content (AvgIpc) is 0.806. The van der Waals surface area contributed by atoms with E-state index in [1.54, 1.807) is 6.92 Å². The van der Waals surface area contributed by atoms with Crippen molar-refractivity contribution in [2.24, 2.45) is 28.6 Å². The molecule has 2 aliphatic rings. The third kappa shape index (κ3) is 66.9. The summed E-state index contributed by atoms with van der Waals surface area (Å²) in [5.41, 5.74) is 0.445. The van der Waals surface area contributed by atoms with Gasteiger partial charge in [0, 0.05) is 151 Å². The third-order valence-corrected chi connectivity index (χ3v) is 18.7. The van der Waals surface area contributed by atoms with Crippen molar-refractivity contribution in [2.45, 2.75) is 393 Å². The molecule has 3 N–H and O–H groups in total. The van der Waals surface area contributed by atoms with Crippen LogP contribution >= 0.6 is 7.82 Å². The highest BCUT2D eigenvalue weighted by molar-refractivity contribution is 7.47. The Morgan fingerprint density at radius 3 is 0.825 bits per heavy atom. The molecule has 3 rings (SSSR count). The van der Waals surface area contributed by atoms with Gasteiger partial charge in [-0.1, -0.05) is 83.1 Å². The van der Waals surface area contributed by atoms with Crippen molar-refractivity contribution in [3.05, 3.63) is 17.7 Å². The minimum atomic E-state index is -3.90. The van der Waals surface area contributed by atoms with Crippen molar-refractivity contribution in [3.63, 3.8) is 0 Å². The Hall–Kier alpha value is -1.75. The van der Waals surface area contributed by atoms with Gasteiger partial charge in [-0.05, 0) is 297 Å². The summed E-state index contributed by atoms with van der Waals surface area (Å²) in [6.07, 6.45) is -0.306. The SMILES string of the molecule is CC(C)C.CC(C)C.CC(COC(C)(C)C)(COC(C)(C)C)COC(C)(C)C.CCOP(=O)(O)OC(C(C)C)C(C)(C)C.CN1CCNCCN(C(C)(C)C)CCN(C(C)(C)C)CC1.CN1CCNCCN(C(C)(C)C)CCN(C(C)(C)C)CCN(C(C)(C)C)CC1.Cc1cc(OC(C)(C)C)c(OC(C)(C)C)c(OC(C)(C)C)c1. The molecule has 0 radical (unpaired) electrons. The highest BCUT2D eigenvalue weighted by Crippen LogP contribution is 2.49. The number of rotatable bonds is 14. The summed E-state index contributed by atoms with van der Waals surface area (Å²) in [5, 5.41) is 7.24. The van der Waals surface area contributed by atoms with E-state index in [9.17, 15) is 9.46 Å². The Morgan fingerprint density at radius 1 is 0.377 bits per heavy atom. The molecule has 0 saturated carbocycles. The van der Waals surface area contributed by atoms with E-state index in [2.05, 4.69) is 274 Å². The van der Waals surface area contributed by atoms with Crippen LogP contribution in [0.1, 0.15) is 324 Å². The molecule has 0 aromatic heterocycles. The lowest BCUT2D eigenvalue weighted by Crippen LogP contribution is -2.54. The number of hydrogen-bond donors (Lipinski definition) is 3. The lowest BCUT2D eigenvalue weighted by atomic mass is 9.83. The molecule has 1 aromatic carbocycles. The van der Waals surface area contributed by atoms with Gasteiger partial charge in [-0.25, -0.2) is 4.57 Å². The lowest BCUT2D eigenvalue weighted by molar-refractivity contribution is -0.141. The molecule has 20 heteroatoms. The molecule has 19 nitrogen and oxygen atoms in total. The number of likely N-dealkylation sites (N-methyl/N-ethyl adjacent to an activating group) is 2. The Bertz CT molecular complexity index is 2570. The van der Waals surface area contributed by atoms with Crippen LogP contribution in [0.2, 0.25) is 0 Å².